The first-order valence-corrected chi connectivity index (χ1v) is 10.0. The van der Waals surface area contributed by atoms with Crippen molar-refractivity contribution in [2.24, 2.45) is 0 Å². The van der Waals surface area contributed by atoms with Crippen LogP contribution in [0.1, 0.15) is 24.0 Å². The fourth-order valence-electron chi connectivity index (χ4n) is 2.98. The van der Waals surface area contributed by atoms with Gasteiger partial charge < -0.3 is 14.6 Å². The van der Waals surface area contributed by atoms with E-state index < -0.39 is 11.9 Å². The standard InChI is InChI=1S/C14H12O2.C9H10N2OS/c15-14(16)13(11-7-3-1-4-8-11)12-9-5-2-6-10-12;1-2-12-6-3-4-7-8(5-6)13-9(10)11-7/h1-10,13H,(H,15,16);3-5H,2H2,1H3,(H2,10,11). The van der Waals surface area contributed by atoms with Crippen molar-refractivity contribution in [3.63, 3.8) is 0 Å². The molecule has 0 radical (unpaired) electrons. The maximum absolute atomic E-state index is 11.2. The lowest BCUT2D eigenvalue weighted by atomic mass is 9.92. The Balaban J connectivity index is 0.000000169. The van der Waals surface area contributed by atoms with Gasteiger partial charge in [0.2, 0.25) is 0 Å². The number of nitrogen functional groups attached to an aromatic ring is 1. The number of ether oxygens (including phenoxy) is 1. The fraction of sp³-hybridized carbons (Fsp3) is 0.130. The number of nitrogens with two attached hydrogens (primary N) is 1. The zero-order valence-corrected chi connectivity index (χ0v) is 16.8. The summed E-state index contributed by atoms with van der Waals surface area (Å²) < 4.78 is 6.50. The Bertz CT molecular complexity index is 1030. The third kappa shape index (κ3) is 5.33. The third-order valence-corrected chi connectivity index (χ3v) is 5.12. The lowest BCUT2D eigenvalue weighted by molar-refractivity contribution is -0.320. The topological polar surface area (TPSA) is 89.5 Å². The monoisotopic (exact) mass is 406 g/mol. The number of benzene rings is 3. The zero-order valence-electron chi connectivity index (χ0n) is 16.0. The predicted octanol–water partition coefficient (Wildman–Crippen LogP) is 3.26. The molecule has 3 N–H and O–H groups in total. The summed E-state index contributed by atoms with van der Waals surface area (Å²) in [6.45, 7) is 2.66. The van der Waals surface area contributed by atoms with Gasteiger partial charge in [-0.3, -0.25) is 5.73 Å². The molecule has 0 saturated carbocycles. The van der Waals surface area contributed by atoms with Crippen molar-refractivity contribution < 1.29 is 19.6 Å². The van der Waals surface area contributed by atoms with Crippen LogP contribution in [0.2, 0.25) is 0 Å². The van der Waals surface area contributed by atoms with E-state index in [0.29, 0.717) is 6.61 Å². The first kappa shape index (κ1) is 20.4. The minimum atomic E-state index is -1.07. The third-order valence-electron chi connectivity index (χ3n) is 4.24. The highest BCUT2D eigenvalue weighted by Crippen LogP contribution is 2.25. The van der Waals surface area contributed by atoms with Crippen LogP contribution in [0.15, 0.2) is 78.9 Å². The van der Waals surface area contributed by atoms with Crippen molar-refractivity contribution >= 4 is 32.7 Å². The second kappa shape index (κ2) is 9.71. The van der Waals surface area contributed by atoms with Crippen molar-refractivity contribution in [1.82, 2.24) is 0 Å². The van der Waals surface area contributed by atoms with Gasteiger partial charge in [0.15, 0.2) is 0 Å². The highest BCUT2D eigenvalue weighted by molar-refractivity contribution is 7.21. The van der Waals surface area contributed by atoms with Crippen molar-refractivity contribution in [3.05, 3.63) is 90.0 Å². The normalized spacial score (nSPS) is 10.4. The van der Waals surface area contributed by atoms with Crippen LogP contribution in [0.4, 0.5) is 5.13 Å². The van der Waals surface area contributed by atoms with E-state index in [2.05, 4.69) is 4.98 Å². The molecule has 0 amide bonds. The number of carbonyl (C=O) groups excluding carboxylic acids is 1. The van der Waals surface area contributed by atoms with Crippen LogP contribution in [-0.2, 0) is 4.79 Å². The van der Waals surface area contributed by atoms with Crippen LogP contribution in [0.3, 0.4) is 0 Å². The number of hydrogen-bond acceptors (Lipinski definition) is 5. The van der Waals surface area contributed by atoms with Crippen molar-refractivity contribution in [3.8, 4) is 5.75 Å². The molecule has 0 fully saturated rings. The van der Waals surface area contributed by atoms with E-state index in [1.54, 1.807) is 24.3 Å². The number of rotatable bonds is 5. The molecule has 148 valence electrons. The number of thiazole rings is 1. The second-order valence-electron chi connectivity index (χ2n) is 6.26. The molecule has 3 aromatic carbocycles. The van der Waals surface area contributed by atoms with Crippen LogP contribution in [0.25, 0.3) is 10.2 Å². The summed E-state index contributed by atoms with van der Waals surface area (Å²) in [5.74, 6) is -0.870. The molecule has 4 aromatic rings. The Morgan fingerprint density at radius 2 is 1.62 bits per heavy atom. The maximum Gasteiger partial charge on any atom is 0.330 e. The van der Waals surface area contributed by atoms with Gasteiger partial charge in [-0.2, -0.15) is 0 Å². The largest absolute Gasteiger partial charge is 0.549 e. The molecule has 29 heavy (non-hydrogen) atoms. The van der Waals surface area contributed by atoms with Crippen LogP contribution >= 0.6 is 11.3 Å². The van der Waals surface area contributed by atoms with Gasteiger partial charge in [0.05, 0.1) is 17.3 Å². The number of nitrogens with one attached hydrogen (secondary N) is 1. The van der Waals surface area contributed by atoms with Gasteiger partial charge in [-0.05, 0) is 41.5 Å². The summed E-state index contributed by atoms with van der Waals surface area (Å²) in [6, 6.07) is 24.1. The van der Waals surface area contributed by atoms with Gasteiger partial charge in [0.25, 0.3) is 0 Å². The Kier molecular flexibility index (Phi) is 6.81. The average Bonchev–Trinajstić information content (AvgIpc) is 3.10. The van der Waals surface area contributed by atoms with Gasteiger partial charge in [0.1, 0.15) is 11.3 Å². The Labute approximate surface area is 173 Å². The first-order chi connectivity index (χ1) is 14.1. The van der Waals surface area contributed by atoms with Crippen LogP contribution < -0.4 is 20.6 Å². The molecule has 0 atom stereocenters. The smallest absolute Gasteiger partial charge is 0.330 e. The lowest BCUT2D eigenvalue weighted by Gasteiger charge is -2.18. The van der Waals surface area contributed by atoms with E-state index in [0.717, 1.165) is 32.2 Å². The number of H-pyrrole nitrogens is 1. The van der Waals surface area contributed by atoms with Crippen LogP contribution in [0, 0.1) is 0 Å². The Hall–Kier alpha value is -3.38. The minimum absolute atomic E-state index is 0.691. The molecule has 1 heterocycles. The molecule has 0 spiro atoms. The number of hydrogen-bond donors (Lipinski definition) is 1. The van der Waals surface area contributed by atoms with E-state index in [4.69, 9.17) is 10.5 Å². The van der Waals surface area contributed by atoms with Gasteiger partial charge in [-0.25, -0.2) is 4.98 Å². The summed E-state index contributed by atoms with van der Waals surface area (Å²) in [5, 5.41) is 11.9. The number of aromatic amines is 1. The quantitative estimate of drug-likeness (QED) is 0.551. The van der Waals surface area contributed by atoms with Crippen LogP contribution in [-0.4, -0.2) is 12.6 Å². The number of aliphatic carboxylic acids is 1. The van der Waals surface area contributed by atoms with Crippen molar-refractivity contribution in [1.29, 1.82) is 0 Å². The summed E-state index contributed by atoms with van der Waals surface area (Å²) in [5.41, 5.74) is 8.19. The molecule has 1 aromatic heterocycles. The Morgan fingerprint density at radius 3 is 2.14 bits per heavy atom. The molecule has 0 unspecified atom stereocenters. The fourth-order valence-corrected chi connectivity index (χ4v) is 3.78. The molecular weight excluding hydrogens is 384 g/mol. The number of aromatic nitrogens is 1. The number of fused-ring (bicyclic) bond motifs is 1. The van der Waals surface area contributed by atoms with Crippen molar-refractivity contribution in [2.45, 2.75) is 12.8 Å². The molecule has 5 nitrogen and oxygen atoms in total. The predicted molar refractivity (Wildman–Crippen MR) is 114 cm³/mol. The summed E-state index contributed by atoms with van der Waals surface area (Å²) >= 11 is 1.53. The summed E-state index contributed by atoms with van der Waals surface area (Å²) in [4.78, 5) is 14.3. The molecule has 4 rings (SSSR count). The van der Waals surface area contributed by atoms with Gasteiger partial charge >= 0.3 is 5.13 Å². The highest BCUT2D eigenvalue weighted by atomic mass is 32.1. The first-order valence-electron chi connectivity index (χ1n) is 9.23. The van der Waals surface area contributed by atoms with E-state index in [1.807, 2.05) is 61.5 Å². The maximum atomic E-state index is 11.2. The molecule has 0 saturated heterocycles. The summed E-state index contributed by atoms with van der Waals surface area (Å²) in [6.07, 6.45) is 0. The number of carboxylic acids is 1. The van der Waals surface area contributed by atoms with E-state index in [-0.39, 0.29) is 0 Å². The number of anilines is 1. The highest BCUT2D eigenvalue weighted by Gasteiger charge is 2.14. The lowest BCUT2D eigenvalue weighted by Crippen LogP contribution is -2.30. The molecule has 6 heteroatoms. The molecule has 0 bridgehead atoms. The zero-order chi connectivity index (χ0) is 20.6. The Morgan fingerprint density at radius 1 is 1.03 bits per heavy atom. The minimum Gasteiger partial charge on any atom is -0.549 e. The van der Waals surface area contributed by atoms with E-state index in [1.165, 1.54) is 11.3 Å². The molecule has 0 aliphatic carbocycles. The summed E-state index contributed by atoms with van der Waals surface area (Å²) in [7, 11) is 0. The molecule has 0 aliphatic rings. The number of carboxylic acid groups (broad SMARTS) is 1. The van der Waals surface area contributed by atoms with E-state index >= 15 is 0 Å². The van der Waals surface area contributed by atoms with Crippen LogP contribution in [0.5, 0.6) is 5.75 Å². The molecular formula is C23H22N2O3S. The van der Waals surface area contributed by atoms with Gasteiger partial charge in [0, 0.05) is 12.0 Å². The number of carbonyl (C=O) groups is 1. The second-order valence-corrected chi connectivity index (χ2v) is 7.34. The van der Waals surface area contributed by atoms with E-state index in [9.17, 15) is 9.90 Å². The molecule has 0 aliphatic heterocycles. The van der Waals surface area contributed by atoms with Gasteiger partial charge in [-0.15, -0.1) is 0 Å². The van der Waals surface area contributed by atoms with Crippen molar-refractivity contribution in [2.75, 3.05) is 12.3 Å². The SMILES string of the molecule is CCOc1ccc2[nH+]c(N)sc2c1.O=C([O-])C(c1ccccc1)c1ccccc1. The average molecular weight is 407 g/mol. The van der Waals surface area contributed by atoms with Gasteiger partial charge in [-0.1, -0.05) is 60.7 Å².